The van der Waals surface area contributed by atoms with E-state index in [-0.39, 0.29) is 11.9 Å². The van der Waals surface area contributed by atoms with Gasteiger partial charge in [0.2, 0.25) is 0 Å². The number of rotatable bonds is 5. The predicted octanol–water partition coefficient (Wildman–Crippen LogP) is 3.99. The molecular weight excluding hydrogens is 267 g/mol. The Morgan fingerprint density at radius 2 is 2.05 bits per heavy atom. The predicted molar refractivity (Wildman–Crippen MR) is 71.3 cm³/mol. The quantitative estimate of drug-likeness (QED) is 0.821. The van der Waals surface area contributed by atoms with Crippen molar-refractivity contribution in [1.82, 2.24) is 4.98 Å². The van der Waals surface area contributed by atoms with Crippen LogP contribution in [-0.4, -0.2) is 17.6 Å². The summed E-state index contributed by atoms with van der Waals surface area (Å²) in [7, 11) is 0. The van der Waals surface area contributed by atoms with Crippen LogP contribution in [0, 0.1) is 11.3 Å². The van der Waals surface area contributed by atoms with E-state index in [0.717, 1.165) is 25.1 Å². The third-order valence-electron chi connectivity index (χ3n) is 3.20. The maximum absolute atomic E-state index is 13.0. The molecule has 1 heterocycles. The lowest BCUT2D eigenvalue weighted by Crippen LogP contribution is -2.34. The Morgan fingerprint density at radius 3 is 2.50 bits per heavy atom. The number of nitrogens with zero attached hydrogens (tertiary/aromatic N) is 3. The lowest BCUT2D eigenvalue weighted by Gasteiger charge is -2.30. The van der Waals surface area contributed by atoms with Gasteiger partial charge in [0.15, 0.2) is 0 Å². The summed E-state index contributed by atoms with van der Waals surface area (Å²) in [6, 6.07) is 2.61. The van der Waals surface area contributed by atoms with Gasteiger partial charge in [0, 0.05) is 18.8 Å². The van der Waals surface area contributed by atoms with Crippen LogP contribution in [0.1, 0.15) is 44.7 Å². The van der Waals surface area contributed by atoms with Crippen molar-refractivity contribution < 1.29 is 13.2 Å². The van der Waals surface area contributed by atoms with Crippen LogP contribution >= 0.6 is 0 Å². The van der Waals surface area contributed by atoms with Crippen molar-refractivity contribution in [2.45, 2.75) is 45.8 Å². The molecule has 0 saturated heterocycles. The Bertz CT molecular complexity index is 491. The second-order valence-electron chi connectivity index (χ2n) is 4.65. The fraction of sp³-hybridized carbons (Fsp3) is 0.571. The molecule has 0 aliphatic carbocycles. The highest BCUT2D eigenvalue weighted by molar-refractivity contribution is 5.49. The van der Waals surface area contributed by atoms with Gasteiger partial charge in [0.05, 0.1) is 11.1 Å². The third-order valence-corrected chi connectivity index (χ3v) is 3.20. The first-order chi connectivity index (χ1) is 9.35. The van der Waals surface area contributed by atoms with Crippen molar-refractivity contribution in [1.29, 1.82) is 5.26 Å². The van der Waals surface area contributed by atoms with Crippen LogP contribution in [0.4, 0.5) is 19.0 Å². The summed E-state index contributed by atoms with van der Waals surface area (Å²) in [5, 5.41) is 8.77. The molecular formula is C14H18F3N3. The molecule has 1 aromatic heterocycles. The molecule has 0 saturated carbocycles. The fourth-order valence-corrected chi connectivity index (χ4v) is 1.95. The van der Waals surface area contributed by atoms with Gasteiger partial charge in [-0.15, -0.1) is 0 Å². The molecule has 0 aliphatic rings. The molecule has 0 aliphatic heterocycles. The lowest BCUT2D eigenvalue weighted by molar-refractivity contribution is -0.137. The van der Waals surface area contributed by atoms with E-state index >= 15 is 0 Å². The first-order valence-corrected chi connectivity index (χ1v) is 6.59. The number of anilines is 1. The highest BCUT2D eigenvalue weighted by Gasteiger charge is 2.34. The first kappa shape index (κ1) is 16.3. The summed E-state index contributed by atoms with van der Waals surface area (Å²) in [4.78, 5) is 5.86. The molecule has 20 heavy (non-hydrogen) atoms. The van der Waals surface area contributed by atoms with E-state index in [1.165, 1.54) is 0 Å². The highest BCUT2D eigenvalue weighted by Crippen LogP contribution is 2.33. The average molecular weight is 285 g/mol. The van der Waals surface area contributed by atoms with Crippen LogP contribution < -0.4 is 4.90 Å². The van der Waals surface area contributed by atoms with E-state index in [0.29, 0.717) is 6.54 Å². The summed E-state index contributed by atoms with van der Waals surface area (Å²) < 4.78 is 38.9. The second-order valence-corrected chi connectivity index (χ2v) is 4.65. The zero-order valence-electron chi connectivity index (χ0n) is 11.8. The lowest BCUT2D eigenvalue weighted by atomic mass is 10.1. The first-order valence-electron chi connectivity index (χ1n) is 6.59. The SMILES string of the molecule is CCCN(c1cc(C(F)(F)F)c(C#N)cn1)C(C)CC. The van der Waals surface area contributed by atoms with Gasteiger partial charge in [-0.3, -0.25) is 0 Å². The number of pyridine rings is 1. The second kappa shape index (κ2) is 6.60. The summed E-state index contributed by atoms with van der Waals surface area (Å²) in [6.07, 6.45) is -1.92. The van der Waals surface area contributed by atoms with Crippen molar-refractivity contribution in [3.05, 3.63) is 23.4 Å². The Hall–Kier alpha value is -1.77. The van der Waals surface area contributed by atoms with Crippen LogP contribution in [0.3, 0.4) is 0 Å². The van der Waals surface area contributed by atoms with E-state index in [1.807, 2.05) is 25.7 Å². The number of nitriles is 1. The van der Waals surface area contributed by atoms with Crippen molar-refractivity contribution in [3.63, 3.8) is 0 Å². The zero-order chi connectivity index (χ0) is 15.3. The molecule has 3 nitrogen and oxygen atoms in total. The molecule has 1 aromatic rings. The molecule has 0 bridgehead atoms. The van der Waals surface area contributed by atoms with Gasteiger partial charge < -0.3 is 4.90 Å². The normalized spacial score (nSPS) is 12.8. The van der Waals surface area contributed by atoms with E-state index in [4.69, 9.17) is 5.26 Å². The van der Waals surface area contributed by atoms with E-state index in [2.05, 4.69) is 4.98 Å². The molecule has 1 atom stereocenters. The van der Waals surface area contributed by atoms with Gasteiger partial charge in [-0.2, -0.15) is 18.4 Å². The molecule has 0 fully saturated rings. The van der Waals surface area contributed by atoms with E-state index < -0.39 is 17.3 Å². The van der Waals surface area contributed by atoms with Gasteiger partial charge in [-0.05, 0) is 25.8 Å². The minimum Gasteiger partial charge on any atom is -0.354 e. The number of hydrogen-bond donors (Lipinski definition) is 0. The zero-order valence-corrected chi connectivity index (χ0v) is 11.8. The van der Waals surface area contributed by atoms with Gasteiger partial charge in [0.1, 0.15) is 11.9 Å². The summed E-state index contributed by atoms with van der Waals surface area (Å²) >= 11 is 0. The monoisotopic (exact) mass is 285 g/mol. The van der Waals surface area contributed by atoms with Crippen LogP contribution in [-0.2, 0) is 6.18 Å². The number of alkyl halides is 3. The Labute approximate surface area is 117 Å². The van der Waals surface area contributed by atoms with Crippen LogP contribution in [0.15, 0.2) is 12.3 Å². The summed E-state index contributed by atoms with van der Waals surface area (Å²) in [5.41, 5.74) is -1.36. The van der Waals surface area contributed by atoms with Gasteiger partial charge >= 0.3 is 6.18 Å². The van der Waals surface area contributed by atoms with Crippen molar-refractivity contribution >= 4 is 5.82 Å². The van der Waals surface area contributed by atoms with E-state index in [1.54, 1.807) is 6.07 Å². The van der Waals surface area contributed by atoms with Crippen molar-refractivity contribution in [2.75, 3.05) is 11.4 Å². The number of hydrogen-bond acceptors (Lipinski definition) is 3. The van der Waals surface area contributed by atoms with Crippen LogP contribution in [0.5, 0.6) is 0 Å². The maximum Gasteiger partial charge on any atom is 0.417 e. The molecule has 0 radical (unpaired) electrons. The van der Waals surface area contributed by atoms with E-state index in [9.17, 15) is 13.2 Å². The fourth-order valence-electron chi connectivity index (χ4n) is 1.95. The number of halogens is 3. The minimum absolute atomic E-state index is 0.0940. The Balaban J connectivity index is 3.28. The standard InChI is InChI=1S/C14H18F3N3/c1-4-6-20(10(3)5-2)13-7-12(14(15,16)17)11(8-18)9-19-13/h7,9-10H,4-6H2,1-3H3. The third kappa shape index (κ3) is 3.62. The molecule has 0 aromatic carbocycles. The number of aromatic nitrogens is 1. The molecule has 110 valence electrons. The largest absolute Gasteiger partial charge is 0.417 e. The molecule has 1 rings (SSSR count). The van der Waals surface area contributed by atoms with Crippen LogP contribution in [0.25, 0.3) is 0 Å². The maximum atomic E-state index is 13.0. The topological polar surface area (TPSA) is 39.9 Å². The van der Waals surface area contributed by atoms with Gasteiger partial charge in [-0.1, -0.05) is 13.8 Å². The molecule has 0 amide bonds. The Morgan fingerprint density at radius 1 is 1.40 bits per heavy atom. The molecule has 0 spiro atoms. The molecule has 6 heteroatoms. The highest BCUT2D eigenvalue weighted by atomic mass is 19.4. The van der Waals surface area contributed by atoms with Gasteiger partial charge in [0.25, 0.3) is 0 Å². The van der Waals surface area contributed by atoms with Gasteiger partial charge in [-0.25, -0.2) is 4.98 Å². The average Bonchev–Trinajstić information content (AvgIpc) is 2.42. The van der Waals surface area contributed by atoms with Crippen LogP contribution in [0.2, 0.25) is 0 Å². The summed E-state index contributed by atoms with van der Waals surface area (Å²) in [5.74, 6) is 0.271. The summed E-state index contributed by atoms with van der Waals surface area (Å²) in [6.45, 7) is 6.51. The van der Waals surface area contributed by atoms with Crippen molar-refractivity contribution in [3.8, 4) is 6.07 Å². The minimum atomic E-state index is -4.55. The van der Waals surface area contributed by atoms with Crippen molar-refractivity contribution in [2.24, 2.45) is 0 Å². The Kier molecular flexibility index (Phi) is 5.37. The smallest absolute Gasteiger partial charge is 0.354 e. The molecule has 1 unspecified atom stereocenters. The molecule has 0 N–H and O–H groups in total.